The zero-order chi connectivity index (χ0) is 24.1. The molecule has 0 spiro atoms. The Hall–Kier alpha value is -4.00. The van der Waals surface area contributed by atoms with Gasteiger partial charge in [-0.1, -0.05) is 140 Å². The normalized spacial score (nSPS) is 10.2. The largest absolute Gasteiger partial charge is 0.457 e. The number of rotatable bonds is 6. The average Bonchev–Trinajstić information content (AvgIpc) is 2.95. The molecule has 0 unspecified atom stereocenters. The van der Waals surface area contributed by atoms with Crippen molar-refractivity contribution in [1.29, 1.82) is 0 Å². The highest BCUT2D eigenvalue weighted by atomic mass is 31.1. The van der Waals surface area contributed by atoms with Gasteiger partial charge in [-0.25, -0.2) is 4.79 Å². The van der Waals surface area contributed by atoms with Gasteiger partial charge in [0.2, 0.25) is 0 Å². The molecule has 0 radical (unpaired) electrons. The maximum absolute atomic E-state index is 11.6. The van der Waals surface area contributed by atoms with E-state index in [0.29, 0.717) is 12.2 Å². The second kappa shape index (κ2) is 13.0. The highest BCUT2D eigenvalue weighted by molar-refractivity contribution is 7.79. The lowest BCUT2D eigenvalue weighted by Gasteiger charge is -2.18. The van der Waals surface area contributed by atoms with Gasteiger partial charge in [0.15, 0.2) is 0 Å². The van der Waals surface area contributed by atoms with E-state index < -0.39 is 7.92 Å². The molecular formula is C32H27O2P. The van der Waals surface area contributed by atoms with Crippen molar-refractivity contribution in [3.63, 3.8) is 0 Å². The smallest absolute Gasteiger partial charge is 0.338 e. The monoisotopic (exact) mass is 474 g/mol. The Morgan fingerprint density at radius 1 is 0.486 bits per heavy atom. The molecule has 172 valence electrons. The zero-order valence-electron chi connectivity index (χ0n) is 19.4. The van der Waals surface area contributed by atoms with Crippen molar-refractivity contribution < 1.29 is 9.53 Å². The Balaban J connectivity index is 0.000000168. The Kier molecular flexibility index (Phi) is 8.99. The molecule has 0 atom stereocenters. The summed E-state index contributed by atoms with van der Waals surface area (Å²) in [4.78, 5) is 11.6. The highest BCUT2D eigenvalue weighted by Crippen LogP contribution is 2.32. The molecule has 5 aromatic rings. The molecule has 2 nitrogen and oxygen atoms in total. The van der Waals surface area contributed by atoms with Crippen molar-refractivity contribution in [2.24, 2.45) is 0 Å². The molecule has 0 aliphatic carbocycles. The first kappa shape index (κ1) is 24.1. The third kappa shape index (κ3) is 7.24. The summed E-state index contributed by atoms with van der Waals surface area (Å²) in [6.07, 6.45) is 0. The SMILES string of the molecule is O=C(OCc1ccccc1)c1ccccc1.c1ccc(P(c2ccccc2)c2ccccc2)cc1. The number of ether oxygens (including phenoxy) is 1. The van der Waals surface area contributed by atoms with Crippen molar-refractivity contribution in [2.75, 3.05) is 0 Å². The molecule has 35 heavy (non-hydrogen) atoms. The number of benzene rings is 5. The van der Waals surface area contributed by atoms with Gasteiger partial charge in [0, 0.05) is 0 Å². The van der Waals surface area contributed by atoms with Gasteiger partial charge in [0.05, 0.1) is 5.56 Å². The van der Waals surface area contributed by atoms with Crippen LogP contribution in [0.2, 0.25) is 0 Å². The molecule has 0 saturated heterocycles. The lowest BCUT2D eigenvalue weighted by Crippen LogP contribution is -2.20. The van der Waals surface area contributed by atoms with Gasteiger partial charge in [-0.05, 0) is 41.5 Å². The molecule has 0 aliphatic rings. The minimum Gasteiger partial charge on any atom is -0.457 e. The van der Waals surface area contributed by atoms with Crippen LogP contribution in [0.5, 0.6) is 0 Å². The summed E-state index contributed by atoms with van der Waals surface area (Å²) in [6, 6.07) is 51.0. The standard InChI is InChI=1S/C18H15P.C14H12O2/c1-4-10-16(11-5-1)19(17-12-6-2-7-13-17)18-14-8-3-9-15-18;15-14(13-9-5-2-6-10-13)16-11-12-7-3-1-4-8-12/h1-15H;1-10H,11H2. The maximum Gasteiger partial charge on any atom is 0.338 e. The van der Waals surface area contributed by atoms with Crippen molar-refractivity contribution in [3.8, 4) is 0 Å². The predicted molar refractivity (Wildman–Crippen MR) is 147 cm³/mol. The summed E-state index contributed by atoms with van der Waals surface area (Å²) in [5, 5.41) is 4.19. The van der Waals surface area contributed by atoms with E-state index in [0.717, 1.165) is 5.56 Å². The van der Waals surface area contributed by atoms with E-state index in [2.05, 4.69) is 91.0 Å². The fourth-order valence-corrected chi connectivity index (χ4v) is 5.86. The van der Waals surface area contributed by atoms with Crippen LogP contribution in [0.25, 0.3) is 0 Å². The molecule has 0 aromatic heterocycles. The second-order valence-corrected chi connectivity index (χ2v) is 9.99. The van der Waals surface area contributed by atoms with E-state index in [1.54, 1.807) is 12.1 Å². The number of hydrogen-bond acceptors (Lipinski definition) is 2. The minimum atomic E-state index is -0.446. The van der Waals surface area contributed by atoms with Crippen LogP contribution in [0.3, 0.4) is 0 Å². The van der Waals surface area contributed by atoms with Crippen LogP contribution < -0.4 is 15.9 Å². The van der Waals surface area contributed by atoms with Gasteiger partial charge >= 0.3 is 5.97 Å². The molecule has 5 rings (SSSR count). The fourth-order valence-electron chi connectivity index (χ4n) is 3.56. The quantitative estimate of drug-likeness (QED) is 0.208. The molecule has 0 heterocycles. The lowest BCUT2D eigenvalue weighted by molar-refractivity contribution is 0.0472. The van der Waals surface area contributed by atoms with Crippen LogP contribution in [0, 0.1) is 0 Å². The van der Waals surface area contributed by atoms with Gasteiger partial charge in [0.1, 0.15) is 6.61 Å². The van der Waals surface area contributed by atoms with Gasteiger partial charge in [-0.3, -0.25) is 0 Å². The summed E-state index contributed by atoms with van der Waals surface area (Å²) in [5.41, 5.74) is 1.57. The van der Waals surface area contributed by atoms with Crippen molar-refractivity contribution in [2.45, 2.75) is 6.61 Å². The first-order chi connectivity index (χ1) is 17.3. The van der Waals surface area contributed by atoms with Crippen LogP contribution >= 0.6 is 7.92 Å². The third-order valence-electron chi connectivity index (χ3n) is 5.27. The number of carbonyl (C=O) groups is 1. The minimum absolute atomic E-state index is 0.288. The van der Waals surface area contributed by atoms with Gasteiger partial charge in [-0.15, -0.1) is 0 Å². The molecule has 0 fully saturated rings. The van der Waals surface area contributed by atoms with Crippen LogP contribution in [0.4, 0.5) is 0 Å². The Bertz CT molecular complexity index is 1180. The van der Waals surface area contributed by atoms with E-state index in [-0.39, 0.29) is 5.97 Å². The molecule has 0 saturated carbocycles. The van der Waals surface area contributed by atoms with E-state index in [1.165, 1.54) is 15.9 Å². The van der Waals surface area contributed by atoms with E-state index >= 15 is 0 Å². The zero-order valence-corrected chi connectivity index (χ0v) is 20.3. The molecular weight excluding hydrogens is 447 g/mol. The molecule has 3 heteroatoms. The lowest BCUT2D eigenvalue weighted by atomic mass is 10.2. The maximum atomic E-state index is 11.6. The summed E-state index contributed by atoms with van der Waals surface area (Å²) >= 11 is 0. The van der Waals surface area contributed by atoms with Gasteiger partial charge in [0.25, 0.3) is 0 Å². The summed E-state index contributed by atoms with van der Waals surface area (Å²) in [7, 11) is -0.446. The van der Waals surface area contributed by atoms with Crippen LogP contribution in [0.1, 0.15) is 15.9 Å². The average molecular weight is 475 g/mol. The van der Waals surface area contributed by atoms with Crippen LogP contribution in [-0.2, 0) is 11.3 Å². The Labute approximate surface area is 208 Å². The van der Waals surface area contributed by atoms with Gasteiger partial charge in [-0.2, -0.15) is 0 Å². The number of esters is 1. The number of hydrogen-bond donors (Lipinski definition) is 0. The third-order valence-corrected chi connectivity index (χ3v) is 7.71. The fraction of sp³-hybridized carbons (Fsp3) is 0.0312. The van der Waals surface area contributed by atoms with Crippen molar-refractivity contribution in [1.82, 2.24) is 0 Å². The predicted octanol–water partition coefficient (Wildman–Crippen LogP) is 6.49. The molecule has 0 bridgehead atoms. The first-order valence-corrected chi connectivity index (χ1v) is 12.9. The van der Waals surface area contributed by atoms with Crippen molar-refractivity contribution >= 4 is 29.8 Å². The molecule has 0 N–H and O–H groups in total. The van der Waals surface area contributed by atoms with E-state index in [9.17, 15) is 4.79 Å². The van der Waals surface area contributed by atoms with Crippen LogP contribution in [0.15, 0.2) is 152 Å². The second-order valence-electron chi connectivity index (χ2n) is 7.77. The summed E-state index contributed by atoms with van der Waals surface area (Å²) < 4.78 is 5.18. The topological polar surface area (TPSA) is 26.3 Å². The molecule has 0 aliphatic heterocycles. The van der Waals surface area contributed by atoms with Crippen molar-refractivity contribution in [3.05, 3.63) is 163 Å². The highest BCUT2D eigenvalue weighted by Gasteiger charge is 2.15. The Morgan fingerprint density at radius 2 is 0.829 bits per heavy atom. The van der Waals surface area contributed by atoms with E-state index in [1.807, 2.05) is 48.5 Å². The molecule has 0 amide bonds. The first-order valence-electron chi connectivity index (χ1n) is 11.5. The number of carbonyl (C=O) groups excluding carboxylic acids is 1. The molecule has 5 aromatic carbocycles. The van der Waals surface area contributed by atoms with Gasteiger partial charge < -0.3 is 4.74 Å². The summed E-state index contributed by atoms with van der Waals surface area (Å²) in [6.45, 7) is 0.314. The van der Waals surface area contributed by atoms with Crippen LogP contribution in [-0.4, -0.2) is 5.97 Å². The Morgan fingerprint density at radius 3 is 1.23 bits per heavy atom. The van der Waals surface area contributed by atoms with E-state index in [4.69, 9.17) is 4.74 Å². The summed E-state index contributed by atoms with van der Waals surface area (Å²) in [5.74, 6) is -0.288.